The van der Waals surface area contributed by atoms with Crippen LogP contribution in [0.25, 0.3) is 22.6 Å². The summed E-state index contributed by atoms with van der Waals surface area (Å²) < 4.78 is 11.6. The molecule has 2 heterocycles. The first-order valence-electron chi connectivity index (χ1n) is 10.5. The Bertz CT molecular complexity index is 1110. The molecule has 4 rings (SSSR count). The number of amides is 1. The van der Waals surface area contributed by atoms with Gasteiger partial charge in [0, 0.05) is 56.3 Å². The molecule has 1 saturated heterocycles. The summed E-state index contributed by atoms with van der Waals surface area (Å²) in [6, 6.07) is 16.4. The van der Waals surface area contributed by atoms with Gasteiger partial charge in [0.1, 0.15) is 17.3 Å². The number of carboxylic acid groups (broad SMARTS) is 1. The lowest BCUT2D eigenvalue weighted by Crippen LogP contribution is -2.47. The summed E-state index contributed by atoms with van der Waals surface area (Å²) in [5.74, 6) is 1.32. The van der Waals surface area contributed by atoms with Crippen LogP contribution in [0, 0.1) is 0 Å². The van der Waals surface area contributed by atoms with Crippen molar-refractivity contribution in [1.82, 2.24) is 9.80 Å². The molecule has 2 aromatic carbocycles. The maximum atomic E-state index is 11.6. The summed E-state index contributed by atoms with van der Waals surface area (Å²) in [7, 11) is 1.63. The Kier molecular flexibility index (Phi) is 6.28. The number of ether oxygens (including phenoxy) is 1. The van der Waals surface area contributed by atoms with E-state index in [1.54, 1.807) is 38.3 Å². The van der Waals surface area contributed by atoms with E-state index in [0.717, 1.165) is 41.3 Å². The Hall–Kier alpha value is -3.58. The molecule has 1 fully saturated rings. The zero-order valence-electron chi connectivity index (χ0n) is 18.2. The normalized spacial score (nSPS) is 14.4. The number of piperazine rings is 1. The average molecular weight is 434 g/mol. The maximum absolute atomic E-state index is 11.6. The molecule has 1 amide bonds. The van der Waals surface area contributed by atoms with E-state index >= 15 is 0 Å². The predicted molar refractivity (Wildman–Crippen MR) is 121 cm³/mol. The van der Waals surface area contributed by atoms with E-state index in [1.807, 2.05) is 35.2 Å². The topological polar surface area (TPSA) is 83.2 Å². The third kappa shape index (κ3) is 4.68. The van der Waals surface area contributed by atoms with Gasteiger partial charge in [-0.2, -0.15) is 0 Å². The van der Waals surface area contributed by atoms with Crippen molar-refractivity contribution in [2.24, 2.45) is 0 Å². The Labute approximate surface area is 186 Å². The average Bonchev–Trinajstić information content (AvgIpc) is 3.23. The predicted octanol–water partition coefficient (Wildman–Crippen LogP) is 3.98. The van der Waals surface area contributed by atoms with E-state index in [-0.39, 0.29) is 11.5 Å². The number of rotatable bonds is 6. The van der Waals surface area contributed by atoms with Crippen molar-refractivity contribution < 1.29 is 23.8 Å². The van der Waals surface area contributed by atoms with E-state index in [0.29, 0.717) is 25.4 Å². The zero-order valence-corrected chi connectivity index (χ0v) is 18.2. The van der Waals surface area contributed by atoms with Crippen LogP contribution in [-0.4, -0.2) is 60.1 Å². The SMILES string of the molecule is COc1cccc(-c2cc(CN3CCN(C(C)=O)CC3)c(-c3ccc(C(=O)O)cc3)o2)c1. The fourth-order valence-corrected chi connectivity index (χ4v) is 3.94. The second-order valence-electron chi connectivity index (χ2n) is 7.86. The number of nitrogens with zero attached hydrogens (tertiary/aromatic N) is 2. The minimum Gasteiger partial charge on any atom is -0.497 e. The first-order valence-corrected chi connectivity index (χ1v) is 10.5. The number of hydrogen-bond donors (Lipinski definition) is 1. The van der Waals surface area contributed by atoms with Crippen LogP contribution in [0.2, 0.25) is 0 Å². The molecule has 32 heavy (non-hydrogen) atoms. The summed E-state index contributed by atoms with van der Waals surface area (Å²) >= 11 is 0. The van der Waals surface area contributed by atoms with E-state index in [9.17, 15) is 14.7 Å². The van der Waals surface area contributed by atoms with Crippen molar-refractivity contribution in [3.8, 4) is 28.4 Å². The van der Waals surface area contributed by atoms with E-state index in [4.69, 9.17) is 9.15 Å². The largest absolute Gasteiger partial charge is 0.497 e. The molecule has 0 aliphatic carbocycles. The number of aromatic carboxylic acids is 1. The lowest BCUT2D eigenvalue weighted by Gasteiger charge is -2.34. The molecular weight excluding hydrogens is 408 g/mol. The van der Waals surface area contributed by atoms with Gasteiger partial charge >= 0.3 is 5.97 Å². The number of carbonyl (C=O) groups excluding carboxylic acids is 1. The van der Waals surface area contributed by atoms with Gasteiger partial charge in [-0.1, -0.05) is 24.3 Å². The summed E-state index contributed by atoms with van der Waals surface area (Å²) in [4.78, 5) is 27.0. The molecule has 0 atom stereocenters. The Morgan fingerprint density at radius 2 is 1.72 bits per heavy atom. The van der Waals surface area contributed by atoms with Crippen LogP contribution in [-0.2, 0) is 11.3 Å². The van der Waals surface area contributed by atoms with Gasteiger partial charge in [0.05, 0.1) is 12.7 Å². The van der Waals surface area contributed by atoms with Crippen LogP contribution in [0.15, 0.2) is 59.0 Å². The van der Waals surface area contributed by atoms with Crippen LogP contribution in [0.3, 0.4) is 0 Å². The van der Waals surface area contributed by atoms with Crippen molar-refractivity contribution >= 4 is 11.9 Å². The summed E-state index contributed by atoms with van der Waals surface area (Å²) in [5.41, 5.74) is 2.97. The zero-order chi connectivity index (χ0) is 22.7. The van der Waals surface area contributed by atoms with Gasteiger partial charge in [-0.25, -0.2) is 4.79 Å². The van der Waals surface area contributed by atoms with Crippen LogP contribution < -0.4 is 4.74 Å². The van der Waals surface area contributed by atoms with Crippen molar-refractivity contribution in [2.75, 3.05) is 33.3 Å². The van der Waals surface area contributed by atoms with Crippen LogP contribution in [0.1, 0.15) is 22.8 Å². The minimum absolute atomic E-state index is 0.104. The molecule has 0 saturated carbocycles. The first-order chi connectivity index (χ1) is 15.4. The third-order valence-corrected chi connectivity index (χ3v) is 5.77. The molecule has 0 bridgehead atoms. The molecule has 1 aliphatic rings. The van der Waals surface area contributed by atoms with Crippen LogP contribution in [0.4, 0.5) is 0 Å². The van der Waals surface area contributed by atoms with Crippen molar-refractivity contribution in [1.29, 1.82) is 0 Å². The molecule has 1 N–H and O–H groups in total. The van der Waals surface area contributed by atoms with Crippen LogP contribution in [0.5, 0.6) is 5.75 Å². The highest BCUT2D eigenvalue weighted by Crippen LogP contribution is 2.35. The van der Waals surface area contributed by atoms with E-state index in [2.05, 4.69) is 4.90 Å². The lowest BCUT2D eigenvalue weighted by molar-refractivity contribution is -0.130. The number of hydrogen-bond acceptors (Lipinski definition) is 5. The fourth-order valence-electron chi connectivity index (χ4n) is 3.94. The van der Waals surface area contributed by atoms with E-state index < -0.39 is 5.97 Å². The van der Waals surface area contributed by atoms with Gasteiger partial charge in [-0.3, -0.25) is 9.69 Å². The van der Waals surface area contributed by atoms with Gasteiger partial charge in [-0.15, -0.1) is 0 Å². The molecule has 0 radical (unpaired) electrons. The number of methoxy groups -OCH3 is 1. The summed E-state index contributed by atoms with van der Waals surface area (Å²) in [6.07, 6.45) is 0. The van der Waals surface area contributed by atoms with E-state index in [1.165, 1.54) is 0 Å². The Morgan fingerprint density at radius 1 is 1.00 bits per heavy atom. The molecule has 1 aliphatic heterocycles. The molecule has 0 unspecified atom stereocenters. The second-order valence-corrected chi connectivity index (χ2v) is 7.86. The van der Waals surface area contributed by atoms with Crippen molar-refractivity contribution in [3.05, 3.63) is 65.7 Å². The summed E-state index contributed by atoms with van der Waals surface area (Å²) in [6.45, 7) is 5.27. The molecule has 3 aromatic rings. The summed E-state index contributed by atoms with van der Waals surface area (Å²) in [5, 5.41) is 9.21. The minimum atomic E-state index is -0.961. The quantitative estimate of drug-likeness (QED) is 0.632. The number of carboxylic acids is 1. The molecule has 7 nitrogen and oxygen atoms in total. The number of furan rings is 1. The van der Waals surface area contributed by atoms with Gasteiger partial charge in [0.15, 0.2) is 0 Å². The van der Waals surface area contributed by atoms with Gasteiger partial charge < -0.3 is 19.2 Å². The molecule has 166 valence electrons. The number of carbonyl (C=O) groups is 2. The molecule has 1 aromatic heterocycles. The molecule has 7 heteroatoms. The van der Waals surface area contributed by atoms with Gasteiger partial charge in [0.2, 0.25) is 5.91 Å². The Morgan fingerprint density at radius 3 is 2.34 bits per heavy atom. The standard InChI is InChI=1S/C25H26N2O5/c1-17(28)27-12-10-26(11-13-27)16-21-15-23(20-4-3-5-22(14-20)31-2)32-24(21)18-6-8-19(9-7-18)25(29)30/h3-9,14-15H,10-13,16H2,1-2H3,(H,29,30). The maximum Gasteiger partial charge on any atom is 0.335 e. The number of benzene rings is 2. The first kappa shape index (κ1) is 21.6. The highest BCUT2D eigenvalue weighted by Gasteiger charge is 2.22. The van der Waals surface area contributed by atoms with Crippen LogP contribution >= 0.6 is 0 Å². The fraction of sp³-hybridized carbons (Fsp3) is 0.280. The highest BCUT2D eigenvalue weighted by atomic mass is 16.5. The lowest BCUT2D eigenvalue weighted by atomic mass is 10.1. The monoisotopic (exact) mass is 434 g/mol. The van der Waals surface area contributed by atoms with Crippen molar-refractivity contribution in [2.45, 2.75) is 13.5 Å². The van der Waals surface area contributed by atoms with Crippen molar-refractivity contribution in [3.63, 3.8) is 0 Å². The van der Waals surface area contributed by atoms with Gasteiger partial charge in [0.25, 0.3) is 0 Å². The third-order valence-electron chi connectivity index (χ3n) is 5.77. The molecular formula is C25H26N2O5. The smallest absolute Gasteiger partial charge is 0.335 e. The van der Waals surface area contributed by atoms with Gasteiger partial charge in [-0.05, 0) is 30.3 Å². The molecule has 0 spiro atoms. The highest BCUT2D eigenvalue weighted by molar-refractivity contribution is 5.88. The second kappa shape index (κ2) is 9.28. The Balaban J connectivity index is 1.66.